The van der Waals surface area contributed by atoms with Crippen molar-refractivity contribution in [2.45, 2.75) is 18.9 Å². The van der Waals surface area contributed by atoms with Crippen LogP contribution in [0.2, 0.25) is 0 Å². The minimum absolute atomic E-state index is 0.0574. The molecule has 0 amide bonds. The highest BCUT2D eigenvalue weighted by Crippen LogP contribution is 2.34. The molecule has 1 N–H and O–H groups in total. The van der Waals surface area contributed by atoms with E-state index in [4.69, 9.17) is 4.74 Å². The van der Waals surface area contributed by atoms with Crippen molar-refractivity contribution in [3.63, 3.8) is 0 Å². The Bertz CT molecular complexity index is 532. The number of nitrogens with zero attached hydrogens (tertiary/aromatic N) is 1. The first-order chi connectivity index (χ1) is 9.00. The van der Waals surface area contributed by atoms with Crippen molar-refractivity contribution in [2.24, 2.45) is 0 Å². The average Bonchev–Trinajstić information content (AvgIpc) is 2.87. The van der Waals surface area contributed by atoms with Crippen molar-refractivity contribution in [3.8, 4) is 5.75 Å². The van der Waals surface area contributed by atoms with Crippen LogP contribution in [0.25, 0.3) is 0 Å². The Labute approximate surface area is 116 Å². The van der Waals surface area contributed by atoms with Gasteiger partial charge in [0.15, 0.2) is 0 Å². The quantitative estimate of drug-likeness (QED) is 0.397. The van der Waals surface area contributed by atoms with Crippen LogP contribution in [0.1, 0.15) is 12.8 Å². The van der Waals surface area contributed by atoms with E-state index in [0.29, 0.717) is 13.0 Å². The van der Waals surface area contributed by atoms with Crippen LogP contribution in [0.5, 0.6) is 5.75 Å². The summed E-state index contributed by atoms with van der Waals surface area (Å²) in [6.07, 6.45) is 1.43. The summed E-state index contributed by atoms with van der Waals surface area (Å²) in [5, 5.41) is 13.7. The van der Waals surface area contributed by atoms with Crippen LogP contribution in [0, 0.1) is 15.9 Å². The van der Waals surface area contributed by atoms with E-state index in [1.54, 1.807) is 0 Å². The molecule has 6 nitrogen and oxygen atoms in total. The fraction of sp³-hybridized carbons (Fsp3) is 0.364. The standard InChI is InChI=1S/C11H10BrFN2O4/c12-6-3-4-8(10(9(6)13)15(17)18)19-11(16)7-2-1-5-14-7/h3-4,7,14H,1-2,5H2/t7-/m0/s1. The fourth-order valence-electron chi connectivity index (χ4n) is 1.84. The molecular weight excluding hydrogens is 323 g/mol. The minimum atomic E-state index is -1.06. The molecule has 102 valence electrons. The van der Waals surface area contributed by atoms with E-state index in [-0.39, 0.29) is 10.2 Å². The zero-order valence-electron chi connectivity index (χ0n) is 9.69. The third kappa shape index (κ3) is 2.90. The van der Waals surface area contributed by atoms with Gasteiger partial charge in [-0.15, -0.1) is 0 Å². The lowest BCUT2D eigenvalue weighted by Gasteiger charge is -2.10. The maximum absolute atomic E-state index is 13.6. The Hall–Kier alpha value is -1.54. The van der Waals surface area contributed by atoms with Gasteiger partial charge in [0, 0.05) is 0 Å². The van der Waals surface area contributed by atoms with Crippen molar-refractivity contribution in [1.82, 2.24) is 5.32 Å². The van der Waals surface area contributed by atoms with E-state index < -0.39 is 28.4 Å². The SMILES string of the molecule is O=C(Oc1ccc(Br)c(F)c1[N+](=O)[O-])[C@@H]1CCCN1. The lowest BCUT2D eigenvalue weighted by Crippen LogP contribution is -2.34. The van der Waals surface area contributed by atoms with E-state index in [2.05, 4.69) is 21.2 Å². The van der Waals surface area contributed by atoms with Crippen LogP contribution in [0.3, 0.4) is 0 Å². The van der Waals surface area contributed by atoms with Crippen LogP contribution >= 0.6 is 15.9 Å². The van der Waals surface area contributed by atoms with Gasteiger partial charge in [0.05, 0.1) is 9.40 Å². The van der Waals surface area contributed by atoms with Crippen molar-refractivity contribution < 1.29 is 18.8 Å². The van der Waals surface area contributed by atoms with Gasteiger partial charge in [-0.2, -0.15) is 4.39 Å². The summed E-state index contributed by atoms with van der Waals surface area (Å²) in [6, 6.07) is 1.96. The Morgan fingerprint density at radius 1 is 1.58 bits per heavy atom. The first-order valence-electron chi connectivity index (χ1n) is 5.58. The topological polar surface area (TPSA) is 81.5 Å². The van der Waals surface area contributed by atoms with Gasteiger partial charge in [-0.25, -0.2) is 4.79 Å². The second kappa shape index (κ2) is 5.62. The average molecular weight is 333 g/mol. The van der Waals surface area contributed by atoms with Crippen LogP contribution in [0.15, 0.2) is 16.6 Å². The van der Waals surface area contributed by atoms with E-state index in [9.17, 15) is 19.3 Å². The van der Waals surface area contributed by atoms with Gasteiger partial charge in [-0.3, -0.25) is 10.1 Å². The lowest BCUT2D eigenvalue weighted by molar-refractivity contribution is -0.388. The monoisotopic (exact) mass is 332 g/mol. The summed E-state index contributed by atoms with van der Waals surface area (Å²) in [4.78, 5) is 21.7. The number of carbonyl (C=O) groups excluding carboxylic acids is 1. The normalized spacial score (nSPS) is 18.3. The Morgan fingerprint density at radius 3 is 2.89 bits per heavy atom. The highest BCUT2D eigenvalue weighted by molar-refractivity contribution is 9.10. The molecule has 0 spiro atoms. The number of nitro benzene ring substituents is 1. The molecule has 2 rings (SSSR count). The van der Waals surface area contributed by atoms with E-state index in [1.807, 2.05) is 0 Å². The van der Waals surface area contributed by atoms with Gasteiger partial charge < -0.3 is 10.1 Å². The maximum Gasteiger partial charge on any atom is 0.348 e. The molecule has 0 unspecified atom stereocenters. The predicted molar refractivity (Wildman–Crippen MR) is 67.4 cm³/mol. The Morgan fingerprint density at radius 2 is 2.32 bits per heavy atom. The molecule has 0 radical (unpaired) electrons. The van der Waals surface area contributed by atoms with Crippen LogP contribution in [-0.4, -0.2) is 23.5 Å². The summed E-state index contributed by atoms with van der Waals surface area (Å²) in [7, 11) is 0. The van der Waals surface area contributed by atoms with Crippen LogP contribution < -0.4 is 10.1 Å². The molecule has 1 aliphatic heterocycles. The van der Waals surface area contributed by atoms with Gasteiger partial charge in [0.2, 0.25) is 11.6 Å². The number of halogens is 2. The summed E-state index contributed by atoms with van der Waals surface area (Å²) < 4.78 is 18.5. The molecule has 1 atom stereocenters. The molecule has 8 heteroatoms. The smallest absolute Gasteiger partial charge is 0.348 e. The molecule has 0 bridgehead atoms. The molecule has 19 heavy (non-hydrogen) atoms. The summed E-state index contributed by atoms with van der Waals surface area (Å²) in [5.74, 6) is -2.08. The van der Waals surface area contributed by atoms with Gasteiger partial charge in [0.1, 0.15) is 6.04 Å². The summed E-state index contributed by atoms with van der Waals surface area (Å²) in [6.45, 7) is 0.691. The molecule has 1 aliphatic rings. The molecule has 1 fully saturated rings. The largest absolute Gasteiger partial charge is 0.418 e. The first kappa shape index (κ1) is 13.9. The van der Waals surface area contributed by atoms with E-state index >= 15 is 0 Å². The minimum Gasteiger partial charge on any atom is -0.418 e. The molecule has 0 aromatic heterocycles. The number of nitro groups is 1. The number of hydrogen-bond acceptors (Lipinski definition) is 5. The number of esters is 1. The number of nitrogens with one attached hydrogen (secondary N) is 1. The molecule has 1 aromatic rings. The highest BCUT2D eigenvalue weighted by atomic mass is 79.9. The van der Waals surface area contributed by atoms with Crippen molar-refractivity contribution in [2.75, 3.05) is 6.54 Å². The third-order valence-corrected chi connectivity index (χ3v) is 3.38. The zero-order chi connectivity index (χ0) is 14.0. The summed E-state index contributed by atoms with van der Waals surface area (Å²) >= 11 is 2.85. The van der Waals surface area contributed by atoms with Crippen LogP contribution in [-0.2, 0) is 4.79 Å². The van der Waals surface area contributed by atoms with Crippen molar-refractivity contribution >= 4 is 27.6 Å². The molecule has 0 saturated carbocycles. The third-order valence-electron chi connectivity index (χ3n) is 2.77. The highest BCUT2D eigenvalue weighted by Gasteiger charge is 2.29. The Balaban J connectivity index is 2.27. The Kier molecular flexibility index (Phi) is 4.11. The second-order valence-electron chi connectivity index (χ2n) is 4.04. The summed E-state index contributed by atoms with van der Waals surface area (Å²) in [5.41, 5.74) is -0.847. The molecular formula is C11H10BrFN2O4. The van der Waals surface area contributed by atoms with Gasteiger partial charge in [0.25, 0.3) is 0 Å². The molecule has 1 saturated heterocycles. The van der Waals surface area contributed by atoms with Gasteiger partial charge in [-0.1, -0.05) is 0 Å². The van der Waals surface area contributed by atoms with E-state index in [0.717, 1.165) is 6.42 Å². The number of carbonyl (C=O) groups is 1. The van der Waals surface area contributed by atoms with Crippen molar-refractivity contribution in [3.05, 3.63) is 32.5 Å². The molecule has 1 aromatic carbocycles. The first-order valence-corrected chi connectivity index (χ1v) is 6.37. The molecule has 1 heterocycles. The van der Waals surface area contributed by atoms with Crippen molar-refractivity contribution in [1.29, 1.82) is 0 Å². The second-order valence-corrected chi connectivity index (χ2v) is 4.89. The lowest BCUT2D eigenvalue weighted by atomic mass is 10.2. The number of benzene rings is 1. The zero-order valence-corrected chi connectivity index (χ0v) is 11.3. The number of hydrogen-bond donors (Lipinski definition) is 1. The number of rotatable bonds is 3. The predicted octanol–water partition coefficient (Wildman–Crippen LogP) is 2.15. The van der Waals surface area contributed by atoms with E-state index in [1.165, 1.54) is 12.1 Å². The number of ether oxygens (including phenoxy) is 1. The van der Waals surface area contributed by atoms with Gasteiger partial charge >= 0.3 is 11.7 Å². The van der Waals surface area contributed by atoms with Gasteiger partial charge in [-0.05, 0) is 47.4 Å². The molecule has 0 aliphatic carbocycles. The van der Waals surface area contributed by atoms with Crippen LogP contribution in [0.4, 0.5) is 10.1 Å². The fourth-order valence-corrected chi connectivity index (χ4v) is 2.16. The maximum atomic E-state index is 13.6.